The molecule has 0 bridgehead atoms. The van der Waals surface area contributed by atoms with E-state index in [0.29, 0.717) is 12.5 Å². The highest BCUT2D eigenvalue weighted by Crippen LogP contribution is 2.28. The van der Waals surface area contributed by atoms with Crippen LogP contribution < -0.4 is 10.1 Å². The SMILES string of the molecule is CCOc1ccc(NC(C)c2nc3ccccc3s2)cn1. The lowest BCUT2D eigenvalue weighted by Crippen LogP contribution is -2.06. The molecular formula is C16H17N3OS. The largest absolute Gasteiger partial charge is 0.478 e. The number of hydrogen-bond donors (Lipinski definition) is 1. The number of para-hydroxylation sites is 1. The zero-order valence-electron chi connectivity index (χ0n) is 12.0. The molecule has 4 nitrogen and oxygen atoms in total. The van der Waals surface area contributed by atoms with Gasteiger partial charge >= 0.3 is 0 Å². The number of nitrogens with zero attached hydrogens (tertiary/aromatic N) is 2. The van der Waals surface area contributed by atoms with Crippen LogP contribution in [0.25, 0.3) is 10.2 Å². The van der Waals surface area contributed by atoms with E-state index in [1.165, 1.54) is 4.70 Å². The first kappa shape index (κ1) is 13.8. The lowest BCUT2D eigenvalue weighted by Gasteiger charge is -2.12. The fourth-order valence-electron chi connectivity index (χ4n) is 2.09. The van der Waals surface area contributed by atoms with Gasteiger partial charge in [-0.05, 0) is 32.0 Å². The molecule has 108 valence electrons. The lowest BCUT2D eigenvalue weighted by atomic mass is 10.3. The summed E-state index contributed by atoms with van der Waals surface area (Å²) in [6.45, 7) is 4.68. The molecule has 1 unspecified atom stereocenters. The molecule has 0 aliphatic rings. The lowest BCUT2D eigenvalue weighted by molar-refractivity contribution is 0.327. The van der Waals surface area contributed by atoms with Crippen molar-refractivity contribution in [1.29, 1.82) is 0 Å². The van der Waals surface area contributed by atoms with Crippen molar-refractivity contribution in [1.82, 2.24) is 9.97 Å². The number of rotatable bonds is 5. The first-order chi connectivity index (χ1) is 10.3. The maximum absolute atomic E-state index is 5.34. The van der Waals surface area contributed by atoms with Crippen molar-refractivity contribution in [2.45, 2.75) is 19.9 Å². The molecule has 1 aromatic carbocycles. The van der Waals surface area contributed by atoms with E-state index in [9.17, 15) is 0 Å². The van der Waals surface area contributed by atoms with Crippen LogP contribution >= 0.6 is 11.3 Å². The van der Waals surface area contributed by atoms with Crippen LogP contribution in [0.5, 0.6) is 5.88 Å². The van der Waals surface area contributed by atoms with E-state index in [0.717, 1.165) is 16.2 Å². The number of benzene rings is 1. The Labute approximate surface area is 127 Å². The van der Waals surface area contributed by atoms with E-state index < -0.39 is 0 Å². The first-order valence-electron chi connectivity index (χ1n) is 6.97. The number of fused-ring (bicyclic) bond motifs is 1. The molecule has 0 saturated heterocycles. The highest BCUT2D eigenvalue weighted by molar-refractivity contribution is 7.18. The van der Waals surface area contributed by atoms with Gasteiger partial charge in [-0.25, -0.2) is 9.97 Å². The van der Waals surface area contributed by atoms with Crippen LogP contribution in [0, 0.1) is 0 Å². The van der Waals surface area contributed by atoms with Gasteiger partial charge < -0.3 is 10.1 Å². The Kier molecular flexibility index (Phi) is 4.01. The summed E-state index contributed by atoms with van der Waals surface area (Å²) in [5.74, 6) is 0.649. The van der Waals surface area contributed by atoms with E-state index in [1.54, 1.807) is 17.5 Å². The molecule has 3 rings (SSSR count). The standard InChI is InChI=1S/C16H17N3OS/c1-3-20-15-9-8-12(10-17-15)18-11(2)16-19-13-6-4-5-7-14(13)21-16/h4-11,18H,3H2,1-2H3. The minimum atomic E-state index is 0.141. The second-order valence-electron chi connectivity index (χ2n) is 4.70. The minimum Gasteiger partial charge on any atom is -0.478 e. The zero-order chi connectivity index (χ0) is 14.7. The number of thiazole rings is 1. The van der Waals surface area contributed by atoms with Gasteiger partial charge in [0.15, 0.2) is 0 Å². The van der Waals surface area contributed by atoms with Crippen LogP contribution in [0.1, 0.15) is 24.9 Å². The van der Waals surface area contributed by atoms with Crippen molar-refractivity contribution >= 4 is 27.2 Å². The van der Waals surface area contributed by atoms with Gasteiger partial charge in [-0.1, -0.05) is 12.1 Å². The number of nitrogens with one attached hydrogen (secondary N) is 1. The van der Waals surface area contributed by atoms with Gasteiger partial charge in [-0.2, -0.15) is 0 Å². The van der Waals surface area contributed by atoms with Gasteiger partial charge in [0.25, 0.3) is 0 Å². The van der Waals surface area contributed by atoms with Crippen LogP contribution in [0.2, 0.25) is 0 Å². The Hall–Kier alpha value is -2.14. The Balaban J connectivity index is 1.74. The molecule has 0 saturated carbocycles. The summed E-state index contributed by atoms with van der Waals surface area (Å²) in [7, 11) is 0. The van der Waals surface area contributed by atoms with Gasteiger partial charge in [-0.15, -0.1) is 11.3 Å². The predicted octanol–water partition coefficient (Wildman–Crippen LogP) is 4.26. The van der Waals surface area contributed by atoms with Crippen molar-refractivity contribution in [2.75, 3.05) is 11.9 Å². The van der Waals surface area contributed by atoms with Crippen LogP contribution in [-0.4, -0.2) is 16.6 Å². The fraction of sp³-hybridized carbons (Fsp3) is 0.250. The maximum atomic E-state index is 5.34. The van der Waals surface area contributed by atoms with Gasteiger partial charge in [0.05, 0.1) is 34.7 Å². The third-order valence-corrected chi connectivity index (χ3v) is 4.31. The molecule has 0 amide bonds. The Morgan fingerprint density at radius 2 is 2.10 bits per heavy atom. The summed E-state index contributed by atoms with van der Waals surface area (Å²) in [5, 5.41) is 4.49. The highest BCUT2D eigenvalue weighted by atomic mass is 32.1. The summed E-state index contributed by atoms with van der Waals surface area (Å²) in [4.78, 5) is 8.92. The number of pyridine rings is 1. The predicted molar refractivity (Wildman–Crippen MR) is 87.1 cm³/mol. The first-order valence-corrected chi connectivity index (χ1v) is 7.79. The third-order valence-electron chi connectivity index (χ3n) is 3.09. The van der Waals surface area contributed by atoms with E-state index in [1.807, 2.05) is 37.3 Å². The molecule has 21 heavy (non-hydrogen) atoms. The quantitative estimate of drug-likeness (QED) is 0.764. The minimum absolute atomic E-state index is 0.141. The molecule has 0 radical (unpaired) electrons. The smallest absolute Gasteiger partial charge is 0.213 e. The van der Waals surface area contributed by atoms with E-state index in [-0.39, 0.29) is 6.04 Å². The Morgan fingerprint density at radius 1 is 1.24 bits per heavy atom. The molecular weight excluding hydrogens is 282 g/mol. The van der Waals surface area contributed by atoms with Crippen LogP contribution in [0.4, 0.5) is 5.69 Å². The molecule has 5 heteroatoms. The molecule has 2 aromatic heterocycles. The number of hydrogen-bond acceptors (Lipinski definition) is 5. The summed E-state index contributed by atoms with van der Waals surface area (Å²) < 4.78 is 6.56. The van der Waals surface area contributed by atoms with Crippen LogP contribution in [0.3, 0.4) is 0 Å². The van der Waals surface area contributed by atoms with Crippen molar-refractivity contribution in [3.8, 4) is 5.88 Å². The summed E-state index contributed by atoms with van der Waals surface area (Å²) in [5.41, 5.74) is 2.01. The van der Waals surface area contributed by atoms with Crippen molar-refractivity contribution in [2.24, 2.45) is 0 Å². The molecule has 0 spiro atoms. The summed E-state index contributed by atoms with van der Waals surface area (Å²) >= 11 is 1.72. The molecule has 0 fully saturated rings. The molecule has 1 atom stereocenters. The zero-order valence-corrected chi connectivity index (χ0v) is 12.9. The van der Waals surface area contributed by atoms with E-state index >= 15 is 0 Å². The molecule has 1 N–H and O–H groups in total. The second-order valence-corrected chi connectivity index (χ2v) is 5.77. The monoisotopic (exact) mass is 299 g/mol. The fourth-order valence-corrected chi connectivity index (χ4v) is 3.06. The third kappa shape index (κ3) is 3.13. The van der Waals surface area contributed by atoms with Crippen LogP contribution in [0.15, 0.2) is 42.6 Å². The Morgan fingerprint density at radius 3 is 2.81 bits per heavy atom. The molecule has 3 aromatic rings. The van der Waals surface area contributed by atoms with Gasteiger partial charge in [0.2, 0.25) is 5.88 Å². The summed E-state index contributed by atoms with van der Waals surface area (Å²) in [6.07, 6.45) is 1.79. The molecule has 0 aliphatic heterocycles. The number of anilines is 1. The van der Waals surface area contributed by atoms with Crippen molar-refractivity contribution in [3.05, 3.63) is 47.6 Å². The number of ether oxygens (including phenoxy) is 1. The van der Waals surface area contributed by atoms with E-state index in [4.69, 9.17) is 4.74 Å². The Bertz CT molecular complexity index is 691. The van der Waals surface area contributed by atoms with E-state index in [2.05, 4.69) is 28.3 Å². The van der Waals surface area contributed by atoms with Crippen molar-refractivity contribution in [3.63, 3.8) is 0 Å². The normalized spacial score (nSPS) is 12.3. The molecule has 2 heterocycles. The van der Waals surface area contributed by atoms with Gasteiger partial charge in [0, 0.05) is 6.07 Å². The second kappa shape index (κ2) is 6.10. The van der Waals surface area contributed by atoms with Crippen LogP contribution in [-0.2, 0) is 0 Å². The summed E-state index contributed by atoms with van der Waals surface area (Å²) in [6, 6.07) is 12.2. The maximum Gasteiger partial charge on any atom is 0.213 e. The highest BCUT2D eigenvalue weighted by Gasteiger charge is 2.11. The number of aromatic nitrogens is 2. The average molecular weight is 299 g/mol. The van der Waals surface area contributed by atoms with Gasteiger partial charge in [0.1, 0.15) is 5.01 Å². The van der Waals surface area contributed by atoms with Gasteiger partial charge in [-0.3, -0.25) is 0 Å². The van der Waals surface area contributed by atoms with Crippen molar-refractivity contribution < 1.29 is 4.74 Å². The average Bonchev–Trinajstić information content (AvgIpc) is 2.94. The topological polar surface area (TPSA) is 47.0 Å². The molecule has 0 aliphatic carbocycles.